The summed E-state index contributed by atoms with van der Waals surface area (Å²) in [5, 5.41) is 7.37. The lowest BCUT2D eigenvalue weighted by Gasteiger charge is -2.12. The van der Waals surface area contributed by atoms with Gasteiger partial charge in [-0.05, 0) is 40.5 Å². The SMILES string of the molecule is c1ccc2c(c1)cnc1cccc(Cc3cccc4ncc5ccccc5c34)c12. The topological polar surface area (TPSA) is 25.8 Å². The lowest BCUT2D eigenvalue weighted by molar-refractivity contribution is 1.23. The van der Waals surface area contributed by atoms with Crippen LogP contribution >= 0.6 is 0 Å². The van der Waals surface area contributed by atoms with Crippen molar-refractivity contribution in [1.82, 2.24) is 9.97 Å². The van der Waals surface area contributed by atoms with Gasteiger partial charge in [0.15, 0.2) is 0 Å². The van der Waals surface area contributed by atoms with Gasteiger partial charge < -0.3 is 0 Å². The van der Waals surface area contributed by atoms with Gasteiger partial charge >= 0.3 is 0 Å². The minimum Gasteiger partial charge on any atom is -0.256 e. The summed E-state index contributed by atoms with van der Waals surface area (Å²) in [6.07, 6.45) is 4.79. The number of pyridine rings is 2. The maximum Gasteiger partial charge on any atom is 0.0711 e. The highest BCUT2D eigenvalue weighted by atomic mass is 14.7. The van der Waals surface area contributed by atoms with E-state index in [0.717, 1.165) is 17.5 Å². The second-order valence-corrected chi connectivity index (χ2v) is 7.49. The van der Waals surface area contributed by atoms with Gasteiger partial charge in [0.05, 0.1) is 11.0 Å². The summed E-state index contributed by atoms with van der Waals surface area (Å²) < 4.78 is 0. The molecule has 2 nitrogen and oxygen atoms in total. The van der Waals surface area contributed by atoms with Crippen LogP contribution in [0.2, 0.25) is 0 Å². The maximum atomic E-state index is 4.71. The first kappa shape index (κ1) is 16.2. The van der Waals surface area contributed by atoms with Crippen LogP contribution in [0, 0.1) is 0 Å². The van der Waals surface area contributed by atoms with Crippen molar-refractivity contribution in [2.24, 2.45) is 0 Å². The Labute approximate surface area is 168 Å². The first-order valence-electron chi connectivity index (χ1n) is 9.89. The molecule has 0 saturated heterocycles. The number of fused-ring (bicyclic) bond motifs is 6. The predicted molar refractivity (Wildman–Crippen MR) is 121 cm³/mol. The van der Waals surface area contributed by atoms with Crippen molar-refractivity contribution in [3.05, 3.63) is 108 Å². The van der Waals surface area contributed by atoms with E-state index in [2.05, 4.69) is 84.9 Å². The molecule has 2 heterocycles. The molecule has 4 aromatic carbocycles. The molecule has 0 aliphatic carbocycles. The zero-order valence-electron chi connectivity index (χ0n) is 15.8. The zero-order valence-corrected chi connectivity index (χ0v) is 15.8. The van der Waals surface area contributed by atoms with Gasteiger partial charge in [0.2, 0.25) is 0 Å². The molecule has 0 bridgehead atoms. The van der Waals surface area contributed by atoms with Crippen molar-refractivity contribution < 1.29 is 0 Å². The van der Waals surface area contributed by atoms with E-state index < -0.39 is 0 Å². The molecule has 2 aromatic heterocycles. The number of benzene rings is 4. The highest BCUT2D eigenvalue weighted by Crippen LogP contribution is 2.32. The fourth-order valence-electron chi connectivity index (χ4n) is 4.46. The molecule has 0 fully saturated rings. The number of aromatic nitrogens is 2. The van der Waals surface area contributed by atoms with E-state index in [0.29, 0.717) is 0 Å². The van der Waals surface area contributed by atoms with Crippen molar-refractivity contribution in [2.45, 2.75) is 6.42 Å². The second-order valence-electron chi connectivity index (χ2n) is 7.49. The molecular weight excluding hydrogens is 352 g/mol. The van der Waals surface area contributed by atoms with Crippen molar-refractivity contribution in [1.29, 1.82) is 0 Å². The first-order chi connectivity index (χ1) is 14.4. The third-order valence-electron chi connectivity index (χ3n) is 5.78. The lowest BCUT2D eigenvalue weighted by atomic mass is 9.93. The van der Waals surface area contributed by atoms with Crippen LogP contribution in [0.3, 0.4) is 0 Å². The largest absolute Gasteiger partial charge is 0.256 e. The van der Waals surface area contributed by atoms with Crippen molar-refractivity contribution >= 4 is 43.4 Å². The molecule has 29 heavy (non-hydrogen) atoms. The van der Waals surface area contributed by atoms with E-state index in [-0.39, 0.29) is 0 Å². The monoisotopic (exact) mass is 370 g/mol. The average molecular weight is 370 g/mol. The van der Waals surface area contributed by atoms with Crippen LogP contribution in [0.1, 0.15) is 11.1 Å². The zero-order chi connectivity index (χ0) is 19.2. The van der Waals surface area contributed by atoms with E-state index in [9.17, 15) is 0 Å². The number of nitrogens with zero attached hydrogens (tertiary/aromatic N) is 2. The van der Waals surface area contributed by atoms with Gasteiger partial charge in [0.25, 0.3) is 0 Å². The minimum absolute atomic E-state index is 0.847. The standard InChI is InChI=1S/C27H18N2/c1-3-11-22-20(7-1)16-28-24-13-5-9-18(26(22)24)15-19-10-6-14-25-27(19)23-12-4-2-8-21(23)17-29-25/h1-14,16-17H,15H2. The number of hydrogen-bond donors (Lipinski definition) is 0. The second kappa shape index (κ2) is 6.39. The summed E-state index contributed by atoms with van der Waals surface area (Å²) in [6, 6.07) is 29.9. The maximum absolute atomic E-state index is 4.71. The Morgan fingerprint density at radius 3 is 1.48 bits per heavy atom. The van der Waals surface area contributed by atoms with Crippen molar-refractivity contribution in [2.75, 3.05) is 0 Å². The quantitative estimate of drug-likeness (QED) is 0.318. The number of hydrogen-bond acceptors (Lipinski definition) is 2. The molecule has 0 N–H and O–H groups in total. The Hall–Kier alpha value is -3.78. The highest BCUT2D eigenvalue weighted by molar-refractivity contribution is 6.09. The lowest BCUT2D eigenvalue weighted by Crippen LogP contribution is -1.95. The third kappa shape index (κ3) is 2.57. The van der Waals surface area contributed by atoms with Crippen LogP contribution in [0.15, 0.2) is 97.3 Å². The Morgan fingerprint density at radius 1 is 0.483 bits per heavy atom. The first-order valence-corrected chi connectivity index (χ1v) is 9.89. The van der Waals surface area contributed by atoms with Gasteiger partial charge in [0, 0.05) is 33.9 Å². The molecule has 0 radical (unpaired) electrons. The van der Waals surface area contributed by atoms with Gasteiger partial charge in [-0.2, -0.15) is 0 Å². The number of rotatable bonds is 2. The predicted octanol–water partition coefficient (Wildman–Crippen LogP) is 6.68. The van der Waals surface area contributed by atoms with Crippen LogP contribution in [-0.2, 0) is 6.42 Å². The fourth-order valence-corrected chi connectivity index (χ4v) is 4.46. The van der Waals surface area contributed by atoms with E-state index in [1.165, 1.54) is 43.4 Å². The molecule has 2 heteroatoms. The van der Waals surface area contributed by atoms with Gasteiger partial charge in [-0.15, -0.1) is 0 Å². The van der Waals surface area contributed by atoms with Crippen LogP contribution < -0.4 is 0 Å². The average Bonchev–Trinajstić information content (AvgIpc) is 2.79. The van der Waals surface area contributed by atoms with Gasteiger partial charge in [-0.3, -0.25) is 9.97 Å². The van der Waals surface area contributed by atoms with Crippen molar-refractivity contribution in [3.63, 3.8) is 0 Å². The molecule has 0 saturated carbocycles. The Kier molecular flexibility index (Phi) is 3.57. The van der Waals surface area contributed by atoms with Crippen LogP contribution in [0.4, 0.5) is 0 Å². The molecular formula is C27H18N2. The Morgan fingerprint density at radius 2 is 0.966 bits per heavy atom. The summed E-state index contributed by atoms with van der Waals surface area (Å²) in [5.74, 6) is 0. The Bertz CT molecular complexity index is 1420. The summed E-state index contributed by atoms with van der Waals surface area (Å²) in [5.41, 5.74) is 4.69. The summed E-state index contributed by atoms with van der Waals surface area (Å²) >= 11 is 0. The molecule has 136 valence electrons. The fraction of sp³-hybridized carbons (Fsp3) is 0.0370. The van der Waals surface area contributed by atoms with Crippen LogP contribution in [0.5, 0.6) is 0 Å². The molecule has 6 aromatic rings. The summed E-state index contributed by atoms with van der Waals surface area (Å²) in [4.78, 5) is 9.42. The smallest absolute Gasteiger partial charge is 0.0711 e. The van der Waals surface area contributed by atoms with Crippen molar-refractivity contribution in [3.8, 4) is 0 Å². The summed E-state index contributed by atoms with van der Waals surface area (Å²) in [7, 11) is 0. The molecule has 0 aliphatic heterocycles. The van der Waals surface area contributed by atoms with Gasteiger partial charge in [0.1, 0.15) is 0 Å². The van der Waals surface area contributed by atoms with E-state index in [1.54, 1.807) is 0 Å². The normalized spacial score (nSPS) is 11.6. The van der Waals surface area contributed by atoms with E-state index in [1.807, 2.05) is 12.4 Å². The van der Waals surface area contributed by atoms with Gasteiger partial charge in [-0.1, -0.05) is 72.8 Å². The molecule has 0 atom stereocenters. The van der Waals surface area contributed by atoms with E-state index in [4.69, 9.17) is 9.97 Å². The molecule has 6 rings (SSSR count). The molecule has 0 amide bonds. The third-order valence-corrected chi connectivity index (χ3v) is 5.78. The molecule has 0 unspecified atom stereocenters. The minimum atomic E-state index is 0.847. The van der Waals surface area contributed by atoms with Gasteiger partial charge in [-0.25, -0.2) is 0 Å². The summed E-state index contributed by atoms with van der Waals surface area (Å²) in [6.45, 7) is 0. The Balaban J connectivity index is 1.64. The van der Waals surface area contributed by atoms with Crippen LogP contribution in [0.25, 0.3) is 43.4 Å². The van der Waals surface area contributed by atoms with Crippen LogP contribution in [-0.4, -0.2) is 9.97 Å². The highest BCUT2D eigenvalue weighted by Gasteiger charge is 2.11. The molecule has 0 aliphatic rings. The van der Waals surface area contributed by atoms with E-state index >= 15 is 0 Å². The molecule has 0 spiro atoms.